The minimum Gasteiger partial charge on any atom is -0.481 e. The second-order valence-corrected chi connectivity index (χ2v) is 7.47. The van der Waals surface area contributed by atoms with Crippen LogP contribution in [0.25, 0.3) is 0 Å². The predicted octanol–water partition coefficient (Wildman–Crippen LogP) is -0.433. The number of hydrogen-bond donors (Lipinski definition) is 2. The number of hydrogen-bond acceptors (Lipinski definition) is 5. The van der Waals surface area contributed by atoms with Crippen LogP contribution in [0.4, 0.5) is 0 Å². The highest BCUT2D eigenvalue weighted by Gasteiger charge is 2.36. The first-order chi connectivity index (χ1) is 10.5. The van der Waals surface area contributed by atoms with Gasteiger partial charge in [0.1, 0.15) is 5.75 Å². The molecule has 2 saturated heterocycles. The highest BCUT2D eigenvalue weighted by Crippen LogP contribution is 2.26. The number of nitrogens with zero attached hydrogens (tertiary/aromatic N) is 1. The van der Waals surface area contributed by atoms with E-state index in [1.807, 2.05) is 0 Å². The van der Waals surface area contributed by atoms with Crippen molar-refractivity contribution in [3.63, 3.8) is 0 Å². The minimum absolute atomic E-state index is 0.00223. The summed E-state index contributed by atoms with van der Waals surface area (Å²) in [7, 11) is -3.51. The number of aliphatic hydroxyl groups is 1. The Labute approximate surface area is 128 Å². The first kappa shape index (κ1) is 15.3. The van der Waals surface area contributed by atoms with Crippen molar-refractivity contribution in [1.82, 2.24) is 9.62 Å². The zero-order valence-corrected chi connectivity index (χ0v) is 12.8. The summed E-state index contributed by atoms with van der Waals surface area (Å²) in [6.07, 6.45) is 0.0954. The zero-order valence-electron chi connectivity index (χ0n) is 11.9. The minimum atomic E-state index is -3.51. The molecule has 2 aliphatic heterocycles. The first-order valence-electron chi connectivity index (χ1n) is 7.16. The third kappa shape index (κ3) is 2.81. The van der Waals surface area contributed by atoms with Gasteiger partial charge < -0.3 is 15.2 Å². The van der Waals surface area contributed by atoms with Crippen molar-refractivity contribution < 1.29 is 23.1 Å². The largest absolute Gasteiger partial charge is 0.481 e. The van der Waals surface area contributed by atoms with E-state index in [9.17, 15) is 13.2 Å². The Morgan fingerprint density at radius 3 is 2.50 bits per heavy atom. The molecule has 1 aromatic carbocycles. The van der Waals surface area contributed by atoms with Gasteiger partial charge in [0.2, 0.25) is 10.0 Å². The van der Waals surface area contributed by atoms with Crippen molar-refractivity contribution >= 4 is 15.9 Å². The Balaban J connectivity index is 1.67. The van der Waals surface area contributed by atoms with Crippen LogP contribution in [-0.4, -0.2) is 56.1 Å². The normalized spacial score (nSPS) is 23.1. The second-order valence-electron chi connectivity index (χ2n) is 5.53. The zero-order chi connectivity index (χ0) is 15.7. The maximum atomic E-state index is 12.3. The number of aliphatic hydroxyl groups excluding tert-OH is 1. The summed E-state index contributed by atoms with van der Waals surface area (Å²) in [6.45, 7) is 1.29. The molecule has 2 N–H and O–H groups in total. The third-order valence-corrected chi connectivity index (χ3v) is 5.77. The van der Waals surface area contributed by atoms with Gasteiger partial charge >= 0.3 is 0 Å². The molecule has 3 rings (SSSR count). The molecular formula is C14H18N2O5S. The maximum Gasteiger partial charge on any atom is 0.261 e. The molecule has 120 valence electrons. The lowest BCUT2D eigenvalue weighted by Crippen LogP contribution is -2.51. The smallest absolute Gasteiger partial charge is 0.261 e. The molecule has 22 heavy (non-hydrogen) atoms. The lowest BCUT2D eigenvalue weighted by Gasteiger charge is -2.36. The number of rotatable bonds is 5. The van der Waals surface area contributed by atoms with Gasteiger partial charge in [0.25, 0.3) is 5.91 Å². The summed E-state index contributed by atoms with van der Waals surface area (Å²) in [5, 5.41) is 11.6. The third-order valence-electron chi connectivity index (χ3n) is 3.92. The average molecular weight is 326 g/mol. The van der Waals surface area contributed by atoms with Crippen LogP contribution in [0, 0.1) is 5.92 Å². The van der Waals surface area contributed by atoms with Crippen molar-refractivity contribution in [2.24, 2.45) is 5.92 Å². The van der Waals surface area contributed by atoms with Crippen LogP contribution in [-0.2, 0) is 14.8 Å². The van der Waals surface area contributed by atoms with Gasteiger partial charge in [0.05, 0.1) is 4.90 Å². The van der Waals surface area contributed by atoms with E-state index in [2.05, 4.69) is 5.32 Å². The first-order valence-corrected chi connectivity index (χ1v) is 8.60. The Bertz CT molecular complexity index is 652. The summed E-state index contributed by atoms with van der Waals surface area (Å²) in [5.41, 5.74) is 0. The topological polar surface area (TPSA) is 95.9 Å². The summed E-state index contributed by atoms with van der Waals surface area (Å²) >= 11 is 0. The molecule has 2 fully saturated rings. The molecule has 1 unspecified atom stereocenters. The van der Waals surface area contributed by atoms with Crippen LogP contribution in [0.3, 0.4) is 0 Å². The lowest BCUT2D eigenvalue weighted by molar-refractivity contribution is -0.124. The van der Waals surface area contributed by atoms with Crippen LogP contribution in [0.1, 0.15) is 6.42 Å². The van der Waals surface area contributed by atoms with Gasteiger partial charge in [-0.2, -0.15) is 4.31 Å². The van der Waals surface area contributed by atoms with E-state index in [0.29, 0.717) is 31.8 Å². The van der Waals surface area contributed by atoms with Gasteiger partial charge in [-0.05, 0) is 24.3 Å². The second kappa shape index (κ2) is 5.86. The molecular weight excluding hydrogens is 308 g/mol. The standard InChI is InChI=1S/C14H18N2O5S/c17-9-10-7-16(8-10)22(19,20)12-3-1-11(2-4-12)21-13-5-6-15-14(13)18/h1-4,10,13,17H,5-9H2,(H,15,18). The molecule has 0 saturated carbocycles. The molecule has 1 aromatic rings. The monoisotopic (exact) mass is 326 g/mol. The molecule has 0 spiro atoms. The number of ether oxygens (including phenoxy) is 1. The fourth-order valence-corrected chi connectivity index (χ4v) is 4.11. The van der Waals surface area contributed by atoms with Crippen molar-refractivity contribution in [2.75, 3.05) is 26.2 Å². The molecule has 0 aromatic heterocycles. The fraction of sp³-hybridized carbons (Fsp3) is 0.500. The van der Waals surface area contributed by atoms with E-state index in [1.54, 1.807) is 12.1 Å². The number of amides is 1. The van der Waals surface area contributed by atoms with Gasteiger partial charge in [-0.1, -0.05) is 0 Å². The average Bonchev–Trinajstić information content (AvgIpc) is 2.83. The highest BCUT2D eigenvalue weighted by molar-refractivity contribution is 7.89. The Kier molecular flexibility index (Phi) is 4.07. The van der Waals surface area contributed by atoms with Crippen molar-refractivity contribution in [3.8, 4) is 5.75 Å². The SMILES string of the molecule is O=C1NCCC1Oc1ccc(S(=O)(=O)N2CC(CO)C2)cc1. The number of sulfonamides is 1. The van der Waals surface area contributed by atoms with Gasteiger partial charge in [0.15, 0.2) is 6.10 Å². The summed E-state index contributed by atoms with van der Waals surface area (Å²) < 4.78 is 31.5. The van der Waals surface area contributed by atoms with Gasteiger partial charge in [-0.15, -0.1) is 0 Å². The van der Waals surface area contributed by atoms with Crippen LogP contribution in [0.15, 0.2) is 29.2 Å². The molecule has 0 radical (unpaired) electrons. The van der Waals surface area contributed by atoms with Crippen molar-refractivity contribution in [3.05, 3.63) is 24.3 Å². The summed E-state index contributed by atoms with van der Waals surface area (Å²) in [4.78, 5) is 11.6. The van der Waals surface area contributed by atoms with E-state index in [-0.39, 0.29) is 23.3 Å². The predicted molar refractivity (Wildman–Crippen MR) is 77.8 cm³/mol. The molecule has 2 heterocycles. The molecule has 0 bridgehead atoms. The maximum absolute atomic E-state index is 12.3. The molecule has 0 aliphatic carbocycles. The van der Waals surface area contributed by atoms with Crippen LogP contribution >= 0.6 is 0 Å². The van der Waals surface area contributed by atoms with E-state index in [0.717, 1.165) is 0 Å². The molecule has 1 amide bonds. The highest BCUT2D eigenvalue weighted by atomic mass is 32.2. The van der Waals surface area contributed by atoms with E-state index in [4.69, 9.17) is 9.84 Å². The number of carbonyl (C=O) groups is 1. The number of carbonyl (C=O) groups excluding carboxylic acids is 1. The van der Waals surface area contributed by atoms with Crippen molar-refractivity contribution in [2.45, 2.75) is 17.4 Å². The van der Waals surface area contributed by atoms with E-state index in [1.165, 1.54) is 16.4 Å². The number of benzene rings is 1. The molecule has 1 atom stereocenters. The molecule has 2 aliphatic rings. The molecule has 8 heteroatoms. The van der Waals surface area contributed by atoms with E-state index >= 15 is 0 Å². The number of nitrogens with one attached hydrogen (secondary N) is 1. The summed E-state index contributed by atoms with van der Waals surface area (Å²) in [6, 6.07) is 6.07. The van der Waals surface area contributed by atoms with Gasteiger partial charge in [0, 0.05) is 38.6 Å². The Hall–Kier alpha value is -1.64. The van der Waals surface area contributed by atoms with Crippen LogP contribution in [0.2, 0.25) is 0 Å². The fourth-order valence-electron chi connectivity index (χ4n) is 2.52. The van der Waals surface area contributed by atoms with Crippen LogP contribution in [0.5, 0.6) is 5.75 Å². The van der Waals surface area contributed by atoms with Gasteiger partial charge in [-0.25, -0.2) is 8.42 Å². The van der Waals surface area contributed by atoms with Crippen LogP contribution < -0.4 is 10.1 Å². The Morgan fingerprint density at radius 1 is 1.27 bits per heavy atom. The van der Waals surface area contributed by atoms with E-state index < -0.39 is 16.1 Å². The summed E-state index contributed by atoms with van der Waals surface area (Å²) in [5.74, 6) is 0.350. The Morgan fingerprint density at radius 2 is 1.95 bits per heavy atom. The lowest BCUT2D eigenvalue weighted by atomic mass is 10.1. The van der Waals surface area contributed by atoms with Gasteiger partial charge in [-0.3, -0.25) is 4.79 Å². The molecule has 7 nitrogen and oxygen atoms in total. The van der Waals surface area contributed by atoms with Crippen molar-refractivity contribution in [1.29, 1.82) is 0 Å². The quantitative estimate of drug-likeness (QED) is 0.765.